The molecule has 3 aromatic rings. The van der Waals surface area contributed by atoms with Gasteiger partial charge in [0.05, 0.1) is 40.9 Å². The van der Waals surface area contributed by atoms with E-state index in [0.29, 0.717) is 5.56 Å². The molecule has 3 aromatic carbocycles. The maximum absolute atomic E-state index is 13.9. The zero-order valence-electron chi connectivity index (χ0n) is 19.4. The molecule has 2 N–H and O–H groups in total. The molecule has 0 bridgehead atoms. The van der Waals surface area contributed by atoms with Crippen molar-refractivity contribution in [2.75, 3.05) is 18.6 Å². The minimum absolute atomic E-state index is 0.0241. The van der Waals surface area contributed by atoms with Gasteiger partial charge in [0.25, 0.3) is 11.7 Å². The number of hydrogen-bond acceptors (Lipinski definition) is 6. The topological polar surface area (TPSA) is 96.3 Å². The van der Waals surface area contributed by atoms with Crippen molar-refractivity contribution >= 4 is 57.9 Å². The number of methoxy groups -OCH3 is 1. The molecule has 0 radical (unpaired) electrons. The van der Waals surface area contributed by atoms with Crippen LogP contribution >= 0.6 is 34.8 Å². The lowest BCUT2D eigenvalue weighted by molar-refractivity contribution is -0.132. The molecule has 1 saturated heterocycles. The molecule has 1 atom stereocenters. The Morgan fingerprint density at radius 2 is 1.78 bits per heavy atom. The first kappa shape index (κ1) is 26.6. The van der Waals surface area contributed by atoms with E-state index in [1.807, 2.05) is 0 Å². The second-order valence-corrected chi connectivity index (χ2v) is 9.15. The van der Waals surface area contributed by atoms with Gasteiger partial charge in [-0.25, -0.2) is 4.39 Å². The lowest BCUT2D eigenvalue weighted by Gasteiger charge is -2.26. The van der Waals surface area contributed by atoms with Crippen molar-refractivity contribution in [3.63, 3.8) is 0 Å². The summed E-state index contributed by atoms with van der Waals surface area (Å²) in [5.74, 6) is -3.42. The number of ether oxygens (including phenoxy) is 2. The maximum atomic E-state index is 13.9. The van der Waals surface area contributed by atoms with Gasteiger partial charge < -0.3 is 19.7 Å². The molecule has 1 heterocycles. The fourth-order valence-corrected chi connectivity index (χ4v) is 4.86. The van der Waals surface area contributed by atoms with Gasteiger partial charge in [0, 0.05) is 10.7 Å². The summed E-state index contributed by atoms with van der Waals surface area (Å²) in [4.78, 5) is 27.8. The van der Waals surface area contributed by atoms with Crippen molar-refractivity contribution in [1.29, 1.82) is 0 Å². The number of rotatable bonds is 6. The predicted molar refractivity (Wildman–Crippen MR) is 138 cm³/mol. The summed E-state index contributed by atoms with van der Waals surface area (Å²) >= 11 is 18.3. The van der Waals surface area contributed by atoms with Gasteiger partial charge in [0.15, 0.2) is 11.5 Å². The first-order valence-corrected chi connectivity index (χ1v) is 12.0. The molecule has 0 saturated carbocycles. The largest absolute Gasteiger partial charge is 0.507 e. The predicted octanol–water partition coefficient (Wildman–Crippen LogP) is 6.53. The average Bonchev–Trinajstić information content (AvgIpc) is 3.12. The molecule has 0 aliphatic carbocycles. The summed E-state index contributed by atoms with van der Waals surface area (Å²) in [6.45, 7) is 1.94. The quantitative estimate of drug-likeness (QED) is 0.200. The third kappa shape index (κ3) is 4.80. The Morgan fingerprint density at radius 1 is 1.05 bits per heavy atom. The normalized spacial score (nSPS) is 16.8. The molecule has 4 rings (SSSR count). The highest BCUT2D eigenvalue weighted by Crippen LogP contribution is 2.46. The highest BCUT2D eigenvalue weighted by molar-refractivity contribution is 6.52. The zero-order valence-corrected chi connectivity index (χ0v) is 21.7. The third-order valence-electron chi connectivity index (χ3n) is 5.69. The monoisotopic (exact) mass is 565 g/mol. The van der Waals surface area contributed by atoms with Crippen LogP contribution in [0.15, 0.2) is 54.1 Å². The first-order valence-electron chi connectivity index (χ1n) is 10.8. The van der Waals surface area contributed by atoms with Crippen molar-refractivity contribution in [1.82, 2.24) is 0 Å². The molecule has 1 unspecified atom stereocenters. The van der Waals surface area contributed by atoms with E-state index in [9.17, 15) is 24.2 Å². The van der Waals surface area contributed by atoms with Crippen LogP contribution in [0.2, 0.25) is 15.1 Å². The molecule has 1 aliphatic heterocycles. The number of phenolic OH excluding ortho intramolecular Hbond substituents is 1. The summed E-state index contributed by atoms with van der Waals surface area (Å²) in [6, 6.07) is 9.24. The molecule has 1 fully saturated rings. The number of hydrogen-bond donors (Lipinski definition) is 2. The van der Waals surface area contributed by atoms with Crippen LogP contribution in [0.1, 0.15) is 24.1 Å². The van der Waals surface area contributed by atoms with Crippen molar-refractivity contribution < 1.29 is 33.7 Å². The number of aromatic hydroxyl groups is 1. The zero-order chi connectivity index (χ0) is 27.0. The number of Topliss-reactive ketones (excluding diaryl/α,β-unsaturated/α-hetero) is 1. The number of aliphatic hydroxyl groups excluding tert-OH is 1. The number of ketones is 1. The fourth-order valence-electron chi connectivity index (χ4n) is 4.11. The summed E-state index contributed by atoms with van der Waals surface area (Å²) < 4.78 is 24.7. The Kier molecular flexibility index (Phi) is 7.54. The van der Waals surface area contributed by atoms with Gasteiger partial charge in [0.2, 0.25) is 0 Å². The minimum atomic E-state index is -1.23. The summed E-state index contributed by atoms with van der Waals surface area (Å²) in [7, 11) is 1.32. The van der Waals surface area contributed by atoms with Gasteiger partial charge in [-0.15, -0.1) is 0 Å². The van der Waals surface area contributed by atoms with Crippen molar-refractivity contribution in [3.05, 3.63) is 86.1 Å². The van der Waals surface area contributed by atoms with Crippen molar-refractivity contribution in [3.8, 4) is 17.2 Å². The number of benzene rings is 3. The Morgan fingerprint density at radius 3 is 2.43 bits per heavy atom. The standard InChI is InChI=1S/C26H19Cl3FNO6/c1-3-37-20-8-12(4-7-19(20)32)22-21(23(33)15-9-13(27)10-17(29)25(15)36-2)24(34)26(35)31(22)14-5-6-18(30)16(28)11-14/h4-11,22,32-33H,3H2,1-2H3/b23-21+. The number of carbonyl (C=O) groups excluding carboxylic acids is 2. The number of aliphatic hydroxyl groups is 1. The summed E-state index contributed by atoms with van der Waals surface area (Å²) in [6.07, 6.45) is 0. The summed E-state index contributed by atoms with van der Waals surface area (Å²) in [5, 5.41) is 21.5. The van der Waals surface area contributed by atoms with E-state index in [-0.39, 0.29) is 55.7 Å². The van der Waals surface area contributed by atoms with Crippen LogP contribution < -0.4 is 14.4 Å². The van der Waals surface area contributed by atoms with E-state index in [1.54, 1.807) is 6.92 Å². The van der Waals surface area contributed by atoms with Crippen LogP contribution in [0.4, 0.5) is 10.1 Å². The maximum Gasteiger partial charge on any atom is 0.300 e. The number of amides is 1. The second kappa shape index (κ2) is 10.5. The first-order chi connectivity index (χ1) is 17.6. The van der Waals surface area contributed by atoms with Gasteiger partial charge >= 0.3 is 0 Å². The van der Waals surface area contributed by atoms with Crippen LogP contribution in [0.25, 0.3) is 5.76 Å². The molecule has 1 amide bonds. The van der Waals surface area contributed by atoms with Crippen LogP contribution in [-0.4, -0.2) is 35.6 Å². The molecule has 1 aliphatic rings. The molecule has 0 aromatic heterocycles. The van der Waals surface area contributed by atoms with E-state index >= 15 is 0 Å². The number of anilines is 1. The Labute approximate surface area is 226 Å². The van der Waals surface area contributed by atoms with Gasteiger partial charge in [-0.3, -0.25) is 14.5 Å². The van der Waals surface area contributed by atoms with E-state index in [2.05, 4.69) is 0 Å². The Hall–Kier alpha value is -3.46. The SMILES string of the molecule is CCOc1cc(C2/C(=C(\O)c3cc(Cl)cc(Cl)c3OC)C(=O)C(=O)N2c2ccc(F)c(Cl)c2)ccc1O. The molecule has 11 heteroatoms. The van der Waals surface area contributed by atoms with Crippen LogP contribution in [-0.2, 0) is 9.59 Å². The highest BCUT2D eigenvalue weighted by atomic mass is 35.5. The molecular formula is C26H19Cl3FNO6. The van der Waals surface area contributed by atoms with E-state index in [0.717, 1.165) is 11.0 Å². The summed E-state index contributed by atoms with van der Waals surface area (Å²) in [5.41, 5.74) is 0.0494. The molecule has 192 valence electrons. The van der Waals surface area contributed by atoms with Crippen molar-refractivity contribution in [2.45, 2.75) is 13.0 Å². The van der Waals surface area contributed by atoms with Crippen LogP contribution in [0, 0.1) is 5.82 Å². The third-order valence-corrected chi connectivity index (χ3v) is 6.48. The number of halogens is 4. The van der Waals surface area contributed by atoms with Crippen LogP contribution in [0.3, 0.4) is 0 Å². The molecule has 0 spiro atoms. The lowest BCUT2D eigenvalue weighted by atomic mass is 9.94. The van der Waals surface area contributed by atoms with E-state index in [4.69, 9.17) is 44.3 Å². The van der Waals surface area contributed by atoms with Gasteiger partial charge in [-0.05, 0) is 55.0 Å². The van der Waals surface area contributed by atoms with E-state index in [1.165, 1.54) is 49.6 Å². The molecular weight excluding hydrogens is 548 g/mol. The van der Waals surface area contributed by atoms with Gasteiger partial charge in [-0.2, -0.15) is 0 Å². The smallest absolute Gasteiger partial charge is 0.300 e. The van der Waals surface area contributed by atoms with Gasteiger partial charge in [0.1, 0.15) is 17.3 Å². The Bertz CT molecular complexity index is 1460. The minimum Gasteiger partial charge on any atom is -0.507 e. The number of phenols is 1. The number of nitrogens with zero attached hydrogens (tertiary/aromatic N) is 1. The fraction of sp³-hybridized carbons (Fsp3) is 0.154. The Balaban J connectivity index is 2.03. The van der Waals surface area contributed by atoms with Crippen molar-refractivity contribution in [2.24, 2.45) is 0 Å². The molecule has 7 nitrogen and oxygen atoms in total. The highest BCUT2D eigenvalue weighted by Gasteiger charge is 2.47. The molecule has 37 heavy (non-hydrogen) atoms. The second-order valence-electron chi connectivity index (χ2n) is 7.90. The van der Waals surface area contributed by atoms with E-state index < -0.39 is 29.3 Å². The number of carbonyl (C=O) groups is 2. The van der Waals surface area contributed by atoms with Gasteiger partial charge in [-0.1, -0.05) is 40.9 Å². The van der Waals surface area contributed by atoms with Crippen LogP contribution in [0.5, 0.6) is 17.2 Å². The lowest BCUT2D eigenvalue weighted by Crippen LogP contribution is -2.29. The average molecular weight is 567 g/mol.